The average molecular weight is 333 g/mol. The second kappa shape index (κ2) is 7.01. The fourth-order valence-electron chi connectivity index (χ4n) is 2.83. The maximum atomic E-state index is 12.9. The van der Waals surface area contributed by atoms with E-state index in [-0.39, 0.29) is 11.7 Å². The summed E-state index contributed by atoms with van der Waals surface area (Å²) in [7, 11) is 0. The highest BCUT2D eigenvalue weighted by Gasteiger charge is 2.23. The normalized spacial score (nSPS) is 17.3. The van der Waals surface area contributed by atoms with E-state index in [4.69, 9.17) is 11.6 Å². The topological polar surface area (TPSA) is 32.3 Å². The Morgan fingerprint density at radius 2 is 1.87 bits per heavy atom. The van der Waals surface area contributed by atoms with Gasteiger partial charge in [-0.1, -0.05) is 11.6 Å². The van der Waals surface area contributed by atoms with Crippen LogP contribution in [-0.4, -0.2) is 25.5 Å². The van der Waals surface area contributed by atoms with Crippen LogP contribution in [-0.2, 0) is 0 Å². The zero-order valence-corrected chi connectivity index (χ0v) is 13.4. The van der Waals surface area contributed by atoms with Crippen LogP contribution in [0.4, 0.5) is 10.1 Å². The van der Waals surface area contributed by atoms with Crippen LogP contribution in [0.1, 0.15) is 16.8 Å². The fourth-order valence-corrected chi connectivity index (χ4v) is 2.95. The van der Waals surface area contributed by atoms with Crippen LogP contribution in [0.5, 0.6) is 0 Å². The molecule has 0 spiro atoms. The Kier molecular flexibility index (Phi) is 4.82. The van der Waals surface area contributed by atoms with Gasteiger partial charge < -0.3 is 10.2 Å². The summed E-state index contributed by atoms with van der Waals surface area (Å²) in [6.07, 6.45) is 1.03. The lowest BCUT2D eigenvalue weighted by atomic mass is 10.1. The highest BCUT2D eigenvalue weighted by atomic mass is 35.5. The molecule has 1 amide bonds. The molecule has 2 aromatic carbocycles. The van der Waals surface area contributed by atoms with Crippen molar-refractivity contribution in [3.8, 4) is 0 Å². The lowest BCUT2D eigenvalue weighted by molar-refractivity contribution is 0.0948. The molecule has 120 valence electrons. The number of nitrogens with zero attached hydrogens (tertiary/aromatic N) is 1. The van der Waals surface area contributed by atoms with Crippen molar-refractivity contribution in [2.75, 3.05) is 24.5 Å². The fraction of sp³-hybridized carbons (Fsp3) is 0.278. The van der Waals surface area contributed by atoms with E-state index in [1.54, 1.807) is 0 Å². The molecule has 23 heavy (non-hydrogen) atoms. The number of halogens is 2. The van der Waals surface area contributed by atoms with Crippen molar-refractivity contribution in [2.24, 2.45) is 5.92 Å². The minimum atomic E-state index is -0.337. The van der Waals surface area contributed by atoms with Crippen LogP contribution in [0.15, 0.2) is 48.5 Å². The molecule has 1 aliphatic heterocycles. The van der Waals surface area contributed by atoms with Gasteiger partial charge in [0, 0.05) is 35.9 Å². The van der Waals surface area contributed by atoms with Crippen molar-refractivity contribution in [1.82, 2.24) is 5.32 Å². The predicted molar refractivity (Wildman–Crippen MR) is 90.5 cm³/mol. The van der Waals surface area contributed by atoms with Gasteiger partial charge in [-0.2, -0.15) is 0 Å². The Morgan fingerprint density at radius 3 is 2.57 bits per heavy atom. The van der Waals surface area contributed by atoms with E-state index in [0.717, 1.165) is 30.2 Å². The number of anilines is 1. The molecule has 1 heterocycles. The van der Waals surface area contributed by atoms with Crippen LogP contribution in [0.2, 0.25) is 5.02 Å². The molecule has 1 saturated heterocycles. The number of hydrogen-bond acceptors (Lipinski definition) is 2. The third kappa shape index (κ3) is 4.02. The maximum absolute atomic E-state index is 12.9. The van der Waals surface area contributed by atoms with Crippen molar-refractivity contribution in [3.63, 3.8) is 0 Å². The van der Waals surface area contributed by atoms with Crippen molar-refractivity contribution in [2.45, 2.75) is 6.42 Å². The van der Waals surface area contributed by atoms with Crippen LogP contribution in [0.25, 0.3) is 0 Å². The number of benzene rings is 2. The molecule has 1 fully saturated rings. The van der Waals surface area contributed by atoms with E-state index < -0.39 is 0 Å². The van der Waals surface area contributed by atoms with Crippen LogP contribution in [0, 0.1) is 11.7 Å². The lowest BCUT2D eigenvalue weighted by Crippen LogP contribution is -2.31. The molecule has 2 aromatic rings. The van der Waals surface area contributed by atoms with Gasteiger partial charge in [0.2, 0.25) is 0 Å². The first kappa shape index (κ1) is 15.8. The zero-order valence-electron chi connectivity index (χ0n) is 12.6. The van der Waals surface area contributed by atoms with E-state index in [1.165, 1.54) is 24.3 Å². The molecule has 5 heteroatoms. The number of hydrogen-bond donors (Lipinski definition) is 1. The molecular formula is C18H18ClFN2O. The van der Waals surface area contributed by atoms with Crippen LogP contribution in [0.3, 0.4) is 0 Å². The Morgan fingerprint density at radius 1 is 1.17 bits per heavy atom. The first-order valence-electron chi connectivity index (χ1n) is 7.66. The van der Waals surface area contributed by atoms with Crippen molar-refractivity contribution < 1.29 is 9.18 Å². The van der Waals surface area contributed by atoms with Gasteiger partial charge in [-0.25, -0.2) is 4.39 Å². The zero-order chi connectivity index (χ0) is 16.2. The van der Waals surface area contributed by atoms with E-state index in [2.05, 4.69) is 10.2 Å². The van der Waals surface area contributed by atoms with Crippen LogP contribution < -0.4 is 10.2 Å². The lowest BCUT2D eigenvalue weighted by Gasteiger charge is -2.19. The Bertz CT molecular complexity index is 672. The van der Waals surface area contributed by atoms with Gasteiger partial charge in [-0.15, -0.1) is 0 Å². The number of nitrogens with one attached hydrogen (secondary N) is 1. The summed E-state index contributed by atoms with van der Waals surface area (Å²) >= 11 is 5.91. The highest BCUT2D eigenvalue weighted by molar-refractivity contribution is 6.30. The Balaban J connectivity index is 1.51. The van der Waals surface area contributed by atoms with Gasteiger partial charge >= 0.3 is 0 Å². The molecule has 0 saturated carbocycles. The maximum Gasteiger partial charge on any atom is 0.251 e. The van der Waals surface area contributed by atoms with E-state index in [0.29, 0.717) is 18.0 Å². The van der Waals surface area contributed by atoms with Gasteiger partial charge in [-0.3, -0.25) is 4.79 Å². The summed E-state index contributed by atoms with van der Waals surface area (Å²) in [5.74, 6) is -0.0824. The molecule has 0 bridgehead atoms. The second-order valence-corrected chi connectivity index (χ2v) is 6.23. The monoisotopic (exact) mass is 332 g/mol. The van der Waals surface area contributed by atoms with Crippen molar-refractivity contribution in [1.29, 1.82) is 0 Å². The number of amides is 1. The van der Waals surface area contributed by atoms with E-state index in [9.17, 15) is 9.18 Å². The molecule has 0 aromatic heterocycles. The molecule has 3 nitrogen and oxygen atoms in total. The number of carbonyl (C=O) groups excluding carboxylic acids is 1. The van der Waals surface area contributed by atoms with Crippen molar-refractivity contribution in [3.05, 3.63) is 64.9 Å². The Labute approximate surface area is 140 Å². The first-order valence-corrected chi connectivity index (χ1v) is 8.04. The van der Waals surface area contributed by atoms with Gasteiger partial charge in [-0.05, 0) is 60.9 Å². The third-order valence-corrected chi connectivity index (χ3v) is 4.39. The highest BCUT2D eigenvalue weighted by Crippen LogP contribution is 2.24. The summed E-state index contributed by atoms with van der Waals surface area (Å²) in [6, 6.07) is 13.4. The molecule has 1 unspecified atom stereocenters. The molecule has 1 aliphatic rings. The van der Waals surface area contributed by atoms with E-state index >= 15 is 0 Å². The van der Waals surface area contributed by atoms with E-state index in [1.807, 2.05) is 24.3 Å². The minimum Gasteiger partial charge on any atom is -0.371 e. The van der Waals surface area contributed by atoms with Crippen LogP contribution >= 0.6 is 11.6 Å². The molecule has 3 rings (SSSR count). The standard InChI is InChI=1S/C18H18ClFN2O/c19-15-3-7-17(8-4-15)22-10-9-13(12-22)11-21-18(23)14-1-5-16(20)6-2-14/h1-8,13H,9-12H2,(H,21,23). The average Bonchev–Trinajstić information content (AvgIpc) is 3.03. The summed E-state index contributed by atoms with van der Waals surface area (Å²) in [5.41, 5.74) is 1.64. The summed E-state index contributed by atoms with van der Waals surface area (Å²) in [6.45, 7) is 2.50. The summed E-state index contributed by atoms with van der Waals surface area (Å²) < 4.78 is 12.9. The first-order chi connectivity index (χ1) is 11.1. The molecule has 1 N–H and O–H groups in total. The SMILES string of the molecule is O=C(NCC1CCN(c2ccc(Cl)cc2)C1)c1ccc(F)cc1. The molecule has 0 aliphatic carbocycles. The van der Waals surface area contributed by atoms with Crippen molar-refractivity contribution >= 4 is 23.2 Å². The van der Waals surface area contributed by atoms with Gasteiger partial charge in [0.15, 0.2) is 0 Å². The minimum absolute atomic E-state index is 0.157. The molecular weight excluding hydrogens is 315 g/mol. The second-order valence-electron chi connectivity index (χ2n) is 5.79. The summed E-state index contributed by atoms with van der Waals surface area (Å²) in [4.78, 5) is 14.3. The van der Waals surface area contributed by atoms with Gasteiger partial charge in [0.25, 0.3) is 5.91 Å². The van der Waals surface area contributed by atoms with Gasteiger partial charge in [0.1, 0.15) is 5.82 Å². The molecule has 1 atom stereocenters. The molecule has 0 radical (unpaired) electrons. The van der Waals surface area contributed by atoms with Gasteiger partial charge in [0.05, 0.1) is 0 Å². The predicted octanol–water partition coefficient (Wildman–Crippen LogP) is 3.74. The third-order valence-electron chi connectivity index (χ3n) is 4.14. The number of rotatable bonds is 4. The quantitative estimate of drug-likeness (QED) is 0.925. The summed E-state index contributed by atoms with van der Waals surface area (Å²) in [5, 5.41) is 3.66. The Hall–Kier alpha value is -2.07. The largest absolute Gasteiger partial charge is 0.371 e. The number of carbonyl (C=O) groups is 1. The smallest absolute Gasteiger partial charge is 0.251 e.